The van der Waals surface area contributed by atoms with Crippen molar-refractivity contribution < 1.29 is 9.90 Å². The Bertz CT molecular complexity index is 1030. The molecule has 8 nitrogen and oxygen atoms in total. The lowest BCUT2D eigenvalue weighted by atomic mass is 9.89. The van der Waals surface area contributed by atoms with Crippen LogP contribution in [0.3, 0.4) is 0 Å². The predicted octanol–water partition coefficient (Wildman–Crippen LogP) is 3.13. The summed E-state index contributed by atoms with van der Waals surface area (Å²) in [6, 6.07) is 7.46. The van der Waals surface area contributed by atoms with Crippen molar-refractivity contribution in [2.75, 3.05) is 0 Å². The summed E-state index contributed by atoms with van der Waals surface area (Å²) in [5.74, 6) is 0.511. The Morgan fingerprint density at radius 2 is 1.96 bits per heavy atom. The van der Waals surface area contributed by atoms with Gasteiger partial charge in [0, 0.05) is 18.7 Å². The standard InChI is InChI=1S/C20H23N5O3/c26-19-24-17-18(25(19)12-14-4-2-1-3-5-14)23-16(11-21-17)15-8-6-13(7-9-15)10-22-20(27)28/h6-9,11,14,22H,1-5,10,12H2,(H,27,28)(H,21,24,26). The van der Waals surface area contributed by atoms with Gasteiger partial charge in [-0.3, -0.25) is 9.55 Å². The summed E-state index contributed by atoms with van der Waals surface area (Å²) >= 11 is 0. The van der Waals surface area contributed by atoms with Crippen molar-refractivity contribution in [3.63, 3.8) is 0 Å². The van der Waals surface area contributed by atoms with E-state index in [1.54, 1.807) is 10.8 Å². The van der Waals surface area contributed by atoms with Crippen LogP contribution in [0.5, 0.6) is 0 Å². The van der Waals surface area contributed by atoms with Gasteiger partial charge in [0.15, 0.2) is 11.3 Å². The fraction of sp³-hybridized carbons (Fsp3) is 0.400. The van der Waals surface area contributed by atoms with E-state index in [0.717, 1.165) is 24.0 Å². The number of hydrogen-bond acceptors (Lipinski definition) is 4. The average molecular weight is 381 g/mol. The maximum Gasteiger partial charge on any atom is 0.404 e. The molecule has 0 aliphatic heterocycles. The lowest BCUT2D eigenvalue weighted by Crippen LogP contribution is -2.23. The van der Waals surface area contributed by atoms with Gasteiger partial charge in [0.25, 0.3) is 0 Å². The van der Waals surface area contributed by atoms with Crippen LogP contribution in [0.15, 0.2) is 35.3 Å². The topological polar surface area (TPSA) is 113 Å². The Balaban J connectivity index is 1.60. The van der Waals surface area contributed by atoms with Crippen molar-refractivity contribution in [2.24, 2.45) is 5.92 Å². The number of aromatic nitrogens is 4. The van der Waals surface area contributed by atoms with E-state index >= 15 is 0 Å². The fourth-order valence-corrected chi connectivity index (χ4v) is 3.83. The van der Waals surface area contributed by atoms with Gasteiger partial charge in [0.1, 0.15) is 0 Å². The number of nitrogens with zero attached hydrogens (tertiary/aromatic N) is 3. The Morgan fingerprint density at radius 3 is 2.68 bits per heavy atom. The zero-order chi connectivity index (χ0) is 19.5. The zero-order valence-electron chi connectivity index (χ0n) is 15.5. The van der Waals surface area contributed by atoms with Crippen LogP contribution in [-0.2, 0) is 13.1 Å². The quantitative estimate of drug-likeness (QED) is 0.628. The van der Waals surface area contributed by atoms with E-state index in [-0.39, 0.29) is 12.2 Å². The number of H-pyrrole nitrogens is 1. The van der Waals surface area contributed by atoms with Crippen LogP contribution < -0.4 is 11.0 Å². The lowest BCUT2D eigenvalue weighted by molar-refractivity contribution is 0.194. The number of aromatic amines is 1. The molecule has 3 N–H and O–H groups in total. The molecule has 4 rings (SSSR count). The highest BCUT2D eigenvalue weighted by atomic mass is 16.4. The van der Waals surface area contributed by atoms with Gasteiger partial charge >= 0.3 is 11.8 Å². The molecule has 1 aromatic carbocycles. The Labute approximate surface area is 161 Å². The van der Waals surface area contributed by atoms with Gasteiger partial charge in [-0.1, -0.05) is 43.5 Å². The van der Waals surface area contributed by atoms with Crippen LogP contribution in [0.25, 0.3) is 22.6 Å². The second-order valence-electron chi connectivity index (χ2n) is 7.33. The number of fused-ring (bicyclic) bond motifs is 1. The monoisotopic (exact) mass is 381 g/mol. The molecule has 146 valence electrons. The molecule has 1 aliphatic rings. The van der Waals surface area contributed by atoms with E-state index < -0.39 is 6.09 Å². The van der Waals surface area contributed by atoms with Gasteiger partial charge in [-0.05, 0) is 24.3 Å². The molecule has 1 aliphatic carbocycles. The molecule has 1 saturated carbocycles. The molecule has 0 unspecified atom stereocenters. The van der Waals surface area contributed by atoms with E-state index in [9.17, 15) is 9.59 Å². The SMILES string of the molecule is O=C(O)NCc1ccc(-c2cnc3[nH]c(=O)n(CC4CCCCC4)c3n2)cc1. The van der Waals surface area contributed by atoms with Crippen LogP contribution in [0.4, 0.5) is 4.79 Å². The van der Waals surface area contributed by atoms with Crippen LogP contribution in [0.2, 0.25) is 0 Å². The lowest BCUT2D eigenvalue weighted by Gasteiger charge is -2.21. The number of nitrogens with one attached hydrogen (secondary N) is 2. The number of carboxylic acid groups (broad SMARTS) is 1. The van der Waals surface area contributed by atoms with E-state index in [1.807, 2.05) is 24.3 Å². The summed E-state index contributed by atoms with van der Waals surface area (Å²) in [5.41, 5.74) is 3.34. The predicted molar refractivity (Wildman–Crippen MR) is 105 cm³/mol. The first kappa shape index (κ1) is 18.2. The highest BCUT2D eigenvalue weighted by Crippen LogP contribution is 2.26. The van der Waals surface area contributed by atoms with Gasteiger partial charge in [-0.2, -0.15) is 0 Å². The molecule has 0 atom stereocenters. The third-order valence-corrected chi connectivity index (χ3v) is 5.34. The number of benzene rings is 1. The van der Waals surface area contributed by atoms with Crippen LogP contribution in [0.1, 0.15) is 37.7 Å². The number of rotatable bonds is 5. The van der Waals surface area contributed by atoms with E-state index in [2.05, 4.69) is 15.3 Å². The van der Waals surface area contributed by atoms with Crippen molar-refractivity contribution in [2.45, 2.75) is 45.2 Å². The van der Waals surface area contributed by atoms with E-state index in [4.69, 9.17) is 10.1 Å². The molecule has 1 amide bonds. The molecule has 0 spiro atoms. The number of amides is 1. The van der Waals surface area contributed by atoms with Crippen LogP contribution in [0, 0.1) is 5.92 Å². The maximum absolute atomic E-state index is 12.4. The third-order valence-electron chi connectivity index (χ3n) is 5.34. The second-order valence-corrected chi connectivity index (χ2v) is 7.33. The number of hydrogen-bond donors (Lipinski definition) is 3. The molecular formula is C20H23N5O3. The number of imidazole rings is 1. The maximum atomic E-state index is 12.4. The van der Waals surface area contributed by atoms with E-state index in [1.165, 1.54) is 19.3 Å². The molecule has 1 fully saturated rings. The molecule has 2 aromatic heterocycles. The van der Waals surface area contributed by atoms with E-state index in [0.29, 0.717) is 29.5 Å². The summed E-state index contributed by atoms with van der Waals surface area (Å²) in [7, 11) is 0. The summed E-state index contributed by atoms with van der Waals surface area (Å²) in [5, 5.41) is 11.0. The van der Waals surface area contributed by atoms with Gasteiger partial charge in [-0.15, -0.1) is 0 Å². The number of carbonyl (C=O) groups is 1. The Morgan fingerprint density at radius 1 is 1.21 bits per heavy atom. The van der Waals surface area contributed by atoms with Crippen molar-refractivity contribution >= 4 is 17.4 Å². The molecule has 8 heteroatoms. The molecular weight excluding hydrogens is 358 g/mol. The zero-order valence-corrected chi connectivity index (χ0v) is 15.5. The highest BCUT2D eigenvalue weighted by molar-refractivity contribution is 5.71. The van der Waals surface area contributed by atoms with Gasteiger partial charge in [0.05, 0.1) is 11.9 Å². The minimum absolute atomic E-state index is 0.159. The second kappa shape index (κ2) is 7.84. The van der Waals surface area contributed by atoms with Gasteiger partial charge in [0.2, 0.25) is 0 Å². The normalized spacial score (nSPS) is 15.0. The summed E-state index contributed by atoms with van der Waals surface area (Å²) in [4.78, 5) is 34.9. The summed E-state index contributed by atoms with van der Waals surface area (Å²) in [6.45, 7) is 0.926. The van der Waals surface area contributed by atoms with Crippen molar-refractivity contribution in [1.82, 2.24) is 24.8 Å². The average Bonchev–Trinajstić information content (AvgIpc) is 3.02. The summed E-state index contributed by atoms with van der Waals surface area (Å²) < 4.78 is 1.72. The van der Waals surface area contributed by atoms with Crippen molar-refractivity contribution in [3.05, 3.63) is 46.5 Å². The first-order valence-electron chi connectivity index (χ1n) is 9.62. The van der Waals surface area contributed by atoms with Gasteiger partial charge in [-0.25, -0.2) is 19.6 Å². The minimum atomic E-state index is -1.05. The molecule has 0 radical (unpaired) electrons. The molecule has 0 bridgehead atoms. The molecule has 0 saturated heterocycles. The molecule has 28 heavy (non-hydrogen) atoms. The Kier molecular flexibility index (Phi) is 5.10. The largest absolute Gasteiger partial charge is 0.465 e. The smallest absolute Gasteiger partial charge is 0.404 e. The van der Waals surface area contributed by atoms with Crippen LogP contribution in [-0.4, -0.2) is 30.7 Å². The molecule has 2 heterocycles. The van der Waals surface area contributed by atoms with Crippen molar-refractivity contribution in [1.29, 1.82) is 0 Å². The fourth-order valence-electron chi connectivity index (χ4n) is 3.83. The van der Waals surface area contributed by atoms with Crippen molar-refractivity contribution in [3.8, 4) is 11.3 Å². The Hall–Kier alpha value is -3.16. The van der Waals surface area contributed by atoms with Gasteiger partial charge < -0.3 is 10.4 Å². The summed E-state index contributed by atoms with van der Waals surface area (Å²) in [6.07, 6.45) is 6.62. The highest BCUT2D eigenvalue weighted by Gasteiger charge is 2.18. The first-order valence-corrected chi connectivity index (χ1v) is 9.62. The third kappa shape index (κ3) is 3.90. The first-order chi connectivity index (χ1) is 13.6. The molecule has 3 aromatic rings. The van der Waals surface area contributed by atoms with Crippen LogP contribution >= 0.6 is 0 Å². The minimum Gasteiger partial charge on any atom is -0.465 e.